The minimum atomic E-state index is -0.675. The predicted octanol–water partition coefficient (Wildman–Crippen LogP) is 5.99. The van der Waals surface area contributed by atoms with Gasteiger partial charge in [0.25, 0.3) is 5.56 Å². The van der Waals surface area contributed by atoms with E-state index in [0.29, 0.717) is 48.7 Å². The van der Waals surface area contributed by atoms with Crippen LogP contribution in [0.4, 0.5) is 4.39 Å². The van der Waals surface area contributed by atoms with Crippen LogP contribution in [0.5, 0.6) is 11.5 Å². The van der Waals surface area contributed by atoms with E-state index >= 15 is 0 Å². The fourth-order valence-corrected chi connectivity index (χ4v) is 6.44. The van der Waals surface area contributed by atoms with Crippen LogP contribution in [0.25, 0.3) is 6.08 Å². The van der Waals surface area contributed by atoms with Gasteiger partial charge in [0.05, 0.1) is 39.5 Å². The zero-order valence-corrected chi connectivity index (χ0v) is 26.6. The summed E-state index contributed by atoms with van der Waals surface area (Å²) in [6.45, 7) is 8.20. The van der Waals surface area contributed by atoms with Crippen molar-refractivity contribution in [2.45, 2.75) is 40.3 Å². The first-order valence-corrected chi connectivity index (χ1v) is 15.4. The van der Waals surface area contributed by atoms with Crippen molar-refractivity contribution in [1.82, 2.24) is 4.57 Å². The largest absolute Gasteiger partial charge is 0.490 e. The smallest absolute Gasteiger partial charge is 0.338 e. The van der Waals surface area contributed by atoms with Crippen molar-refractivity contribution in [2.24, 2.45) is 4.99 Å². The highest BCUT2D eigenvalue weighted by Gasteiger charge is 2.33. The second kappa shape index (κ2) is 13.1. The number of thiazole rings is 1. The molecular weight excluding hydrogens is 635 g/mol. The summed E-state index contributed by atoms with van der Waals surface area (Å²) in [5.74, 6) is 0.187. The predicted molar refractivity (Wildman–Crippen MR) is 168 cm³/mol. The van der Waals surface area contributed by atoms with Crippen LogP contribution in [0.2, 0.25) is 0 Å². The monoisotopic (exact) mass is 664 g/mol. The van der Waals surface area contributed by atoms with Crippen molar-refractivity contribution in [1.29, 1.82) is 0 Å². The van der Waals surface area contributed by atoms with Gasteiger partial charge in [-0.1, -0.05) is 53.3 Å². The highest BCUT2D eigenvalue weighted by molar-refractivity contribution is 9.10. The molecule has 1 aliphatic rings. The van der Waals surface area contributed by atoms with E-state index in [4.69, 9.17) is 14.2 Å². The number of esters is 1. The summed E-state index contributed by atoms with van der Waals surface area (Å²) in [5, 5.41) is 0. The molecule has 1 aliphatic heterocycles. The molecule has 5 rings (SSSR count). The van der Waals surface area contributed by atoms with Crippen LogP contribution in [0.15, 0.2) is 86.2 Å². The fourth-order valence-electron chi connectivity index (χ4n) is 4.82. The number of halogens is 2. The molecule has 0 bridgehead atoms. The number of aromatic nitrogens is 1. The fraction of sp³-hybridized carbons (Fsp3) is 0.242. The maximum atomic E-state index is 14.0. The molecule has 0 radical (unpaired) electrons. The van der Waals surface area contributed by atoms with Crippen LogP contribution in [0.1, 0.15) is 49.1 Å². The summed E-state index contributed by atoms with van der Waals surface area (Å²) in [4.78, 5) is 32.2. The Hall–Kier alpha value is -4.02. The van der Waals surface area contributed by atoms with E-state index in [-0.39, 0.29) is 24.6 Å². The zero-order chi connectivity index (χ0) is 30.7. The topological polar surface area (TPSA) is 79.1 Å². The molecule has 0 amide bonds. The Balaban J connectivity index is 1.58. The number of allylic oxidation sites excluding steroid dienone is 1. The van der Waals surface area contributed by atoms with Crippen molar-refractivity contribution in [3.05, 3.63) is 124 Å². The van der Waals surface area contributed by atoms with E-state index in [1.165, 1.54) is 23.5 Å². The first-order valence-electron chi connectivity index (χ1n) is 13.8. The normalized spacial score (nSPS) is 14.7. The Bertz CT molecular complexity index is 1880. The number of fused-ring (bicyclic) bond motifs is 1. The Morgan fingerprint density at radius 2 is 1.77 bits per heavy atom. The standard InChI is InChI=1S/C33H30BrFN2O5S/c1-5-40-26-16-22(15-25(34)30(26)42-18-21-9-13-24(35)14-10-21)17-27-31(38)37-29(23-11-7-19(3)8-12-23)28(32(39)41-6-2)20(4)36-33(37)43-27/h7-17,29H,5-6,18H2,1-4H3/b27-17+/t29-/m1/s1. The summed E-state index contributed by atoms with van der Waals surface area (Å²) < 4.78 is 33.3. The first-order chi connectivity index (χ1) is 20.7. The van der Waals surface area contributed by atoms with Gasteiger partial charge in [-0.3, -0.25) is 9.36 Å². The number of ether oxygens (including phenoxy) is 3. The van der Waals surface area contributed by atoms with E-state index < -0.39 is 12.0 Å². The highest BCUT2D eigenvalue weighted by Crippen LogP contribution is 2.38. The summed E-state index contributed by atoms with van der Waals surface area (Å²) in [6, 6.07) is 16.8. The van der Waals surface area contributed by atoms with Gasteiger partial charge in [0.15, 0.2) is 16.3 Å². The van der Waals surface area contributed by atoms with E-state index in [0.717, 1.165) is 16.7 Å². The SMILES string of the molecule is CCOC(=O)C1=C(C)N=c2s/c(=C/c3cc(Br)c(OCc4ccc(F)cc4)c(OCC)c3)c(=O)n2[C@@H]1c1ccc(C)cc1. The van der Waals surface area contributed by atoms with Crippen LogP contribution in [-0.4, -0.2) is 23.8 Å². The minimum absolute atomic E-state index is 0.210. The second-order valence-electron chi connectivity index (χ2n) is 9.89. The molecule has 0 unspecified atom stereocenters. The molecule has 0 aliphatic carbocycles. The number of nitrogens with zero attached hydrogens (tertiary/aromatic N) is 2. The summed E-state index contributed by atoms with van der Waals surface area (Å²) in [6.07, 6.45) is 1.77. The molecule has 0 N–H and O–H groups in total. The van der Waals surface area contributed by atoms with Crippen molar-refractivity contribution in [3.8, 4) is 11.5 Å². The van der Waals surface area contributed by atoms with Gasteiger partial charge in [-0.05, 0) is 90.7 Å². The van der Waals surface area contributed by atoms with Crippen LogP contribution < -0.4 is 24.4 Å². The van der Waals surface area contributed by atoms with Crippen LogP contribution >= 0.6 is 27.3 Å². The number of aryl methyl sites for hydroxylation is 1. The third kappa shape index (κ3) is 6.50. The maximum absolute atomic E-state index is 14.0. The number of carbonyl (C=O) groups is 1. The Morgan fingerprint density at radius 3 is 2.44 bits per heavy atom. The molecule has 7 nitrogen and oxygen atoms in total. The van der Waals surface area contributed by atoms with Crippen LogP contribution in [0, 0.1) is 12.7 Å². The molecule has 0 saturated carbocycles. The van der Waals surface area contributed by atoms with Gasteiger partial charge in [0.1, 0.15) is 12.4 Å². The van der Waals surface area contributed by atoms with Crippen molar-refractivity contribution in [3.63, 3.8) is 0 Å². The number of rotatable bonds is 9. The number of benzene rings is 3. The van der Waals surface area contributed by atoms with E-state index in [1.54, 1.807) is 42.7 Å². The van der Waals surface area contributed by atoms with Crippen molar-refractivity contribution >= 4 is 39.3 Å². The molecule has 43 heavy (non-hydrogen) atoms. The molecule has 4 aromatic rings. The molecule has 3 aromatic carbocycles. The lowest BCUT2D eigenvalue weighted by atomic mass is 9.95. The third-order valence-electron chi connectivity index (χ3n) is 6.84. The van der Waals surface area contributed by atoms with Gasteiger partial charge in [-0.15, -0.1) is 0 Å². The van der Waals surface area contributed by atoms with E-state index in [2.05, 4.69) is 20.9 Å². The van der Waals surface area contributed by atoms with Gasteiger partial charge < -0.3 is 14.2 Å². The molecule has 1 aromatic heterocycles. The Morgan fingerprint density at radius 1 is 1.05 bits per heavy atom. The zero-order valence-electron chi connectivity index (χ0n) is 24.1. The minimum Gasteiger partial charge on any atom is -0.490 e. The summed E-state index contributed by atoms with van der Waals surface area (Å²) in [7, 11) is 0. The maximum Gasteiger partial charge on any atom is 0.338 e. The van der Waals surface area contributed by atoms with Gasteiger partial charge in [0.2, 0.25) is 0 Å². The lowest BCUT2D eigenvalue weighted by molar-refractivity contribution is -0.139. The van der Waals surface area contributed by atoms with Gasteiger partial charge in [0, 0.05) is 0 Å². The lowest BCUT2D eigenvalue weighted by Gasteiger charge is -2.24. The molecular formula is C33H30BrFN2O5S. The van der Waals surface area contributed by atoms with Gasteiger partial charge in [-0.2, -0.15) is 0 Å². The Labute approximate surface area is 260 Å². The molecule has 0 saturated heterocycles. The van der Waals surface area contributed by atoms with E-state index in [9.17, 15) is 14.0 Å². The summed E-state index contributed by atoms with van der Waals surface area (Å²) >= 11 is 4.84. The molecule has 2 heterocycles. The first kappa shape index (κ1) is 30.4. The molecule has 1 atom stereocenters. The lowest BCUT2D eigenvalue weighted by Crippen LogP contribution is -2.39. The number of carbonyl (C=O) groups excluding carboxylic acids is 1. The van der Waals surface area contributed by atoms with Crippen LogP contribution in [-0.2, 0) is 16.1 Å². The third-order valence-corrected chi connectivity index (χ3v) is 8.41. The molecule has 0 spiro atoms. The van der Waals surface area contributed by atoms with Crippen molar-refractivity contribution < 1.29 is 23.4 Å². The number of hydrogen-bond acceptors (Lipinski definition) is 7. The average Bonchev–Trinajstić information content (AvgIpc) is 3.27. The number of hydrogen-bond donors (Lipinski definition) is 0. The second-order valence-corrected chi connectivity index (χ2v) is 11.8. The molecule has 10 heteroatoms. The highest BCUT2D eigenvalue weighted by atomic mass is 79.9. The molecule has 0 fully saturated rings. The van der Waals surface area contributed by atoms with E-state index in [1.807, 2.05) is 44.2 Å². The molecule has 222 valence electrons. The summed E-state index contributed by atoms with van der Waals surface area (Å²) in [5.41, 5.74) is 3.96. The van der Waals surface area contributed by atoms with Gasteiger partial charge in [-0.25, -0.2) is 14.2 Å². The van der Waals surface area contributed by atoms with Crippen molar-refractivity contribution in [2.75, 3.05) is 13.2 Å². The average molecular weight is 666 g/mol. The van der Waals surface area contributed by atoms with Gasteiger partial charge >= 0.3 is 5.97 Å². The Kier molecular flexibility index (Phi) is 9.27. The van der Waals surface area contributed by atoms with Crippen LogP contribution in [0.3, 0.4) is 0 Å². The quantitative estimate of drug-likeness (QED) is 0.206.